The smallest absolute Gasteiger partial charge is 0.232 e. The van der Waals surface area contributed by atoms with Crippen LogP contribution >= 0.6 is 0 Å². The van der Waals surface area contributed by atoms with E-state index in [9.17, 15) is 0 Å². The number of hydrogen-bond donors (Lipinski definition) is 1. The van der Waals surface area contributed by atoms with Gasteiger partial charge in [-0.25, -0.2) is 4.98 Å². The van der Waals surface area contributed by atoms with Gasteiger partial charge in [-0.3, -0.25) is 4.98 Å². The Morgan fingerprint density at radius 3 is 2.79 bits per heavy atom. The molecule has 5 nitrogen and oxygen atoms in total. The van der Waals surface area contributed by atoms with E-state index in [1.54, 1.807) is 12.4 Å². The van der Waals surface area contributed by atoms with Gasteiger partial charge in [0.15, 0.2) is 0 Å². The first-order valence-electron chi connectivity index (χ1n) is 8.14. The summed E-state index contributed by atoms with van der Waals surface area (Å²) >= 11 is 0. The molecule has 0 saturated heterocycles. The lowest BCUT2D eigenvalue weighted by atomic mass is 10.1. The van der Waals surface area contributed by atoms with E-state index in [-0.39, 0.29) is 0 Å². The Bertz CT molecular complexity index is 834. The predicted molar refractivity (Wildman–Crippen MR) is 95.3 cm³/mol. The lowest BCUT2D eigenvalue weighted by Crippen LogP contribution is -2.26. The van der Waals surface area contributed by atoms with E-state index in [1.165, 1.54) is 16.8 Å². The largest absolute Gasteiger partial charge is 0.366 e. The lowest BCUT2D eigenvalue weighted by Gasteiger charge is -2.23. The lowest BCUT2D eigenvalue weighted by molar-refractivity contribution is 0.740. The van der Waals surface area contributed by atoms with Crippen molar-refractivity contribution in [3.05, 3.63) is 72.2 Å². The van der Waals surface area contributed by atoms with Crippen molar-refractivity contribution in [3.8, 4) is 0 Å². The number of hydrogen-bond acceptors (Lipinski definition) is 5. The number of nitrogens with zero attached hydrogens (tertiary/aromatic N) is 4. The first-order chi connectivity index (χ1) is 11.8. The van der Waals surface area contributed by atoms with Gasteiger partial charge in [-0.15, -0.1) is 0 Å². The fourth-order valence-electron chi connectivity index (χ4n) is 3.13. The van der Waals surface area contributed by atoms with Crippen molar-refractivity contribution in [1.82, 2.24) is 15.0 Å². The summed E-state index contributed by atoms with van der Waals surface area (Å²) in [6.45, 7) is 2.92. The molecule has 3 aromatic rings. The molecule has 24 heavy (non-hydrogen) atoms. The molecule has 3 heterocycles. The number of aromatic nitrogens is 3. The normalized spacial score (nSPS) is 16.0. The van der Waals surface area contributed by atoms with E-state index < -0.39 is 0 Å². The standard InChI is InChI=1S/C19H19N5/c1-14-12-16-4-2-3-5-17(16)24(14)19-21-11-8-18(23-19)22-13-15-6-9-20-10-7-15/h2-11,14H,12-13H2,1H3,(H,21,22,23). The maximum Gasteiger partial charge on any atom is 0.232 e. The molecule has 0 saturated carbocycles. The molecule has 0 spiro atoms. The predicted octanol–water partition coefficient (Wildman–Crippen LogP) is 3.57. The zero-order valence-electron chi connectivity index (χ0n) is 13.6. The number of fused-ring (bicyclic) bond motifs is 1. The van der Waals surface area contributed by atoms with Crippen molar-refractivity contribution >= 4 is 17.5 Å². The van der Waals surface area contributed by atoms with Gasteiger partial charge in [-0.2, -0.15) is 4.98 Å². The molecule has 4 rings (SSSR count). The summed E-state index contributed by atoms with van der Waals surface area (Å²) in [5.74, 6) is 1.57. The third-order valence-electron chi connectivity index (χ3n) is 4.29. The highest BCUT2D eigenvalue weighted by Gasteiger charge is 2.28. The summed E-state index contributed by atoms with van der Waals surface area (Å²) in [6, 6.07) is 14.7. The summed E-state index contributed by atoms with van der Waals surface area (Å²) in [5.41, 5.74) is 3.73. The van der Waals surface area contributed by atoms with Gasteiger partial charge in [-0.1, -0.05) is 18.2 Å². The van der Waals surface area contributed by atoms with E-state index in [1.807, 2.05) is 24.4 Å². The van der Waals surface area contributed by atoms with Crippen molar-refractivity contribution in [2.24, 2.45) is 0 Å². The molecule has 1 atom stereocenters. The number of nitrogens with one attached hydrogen (secondary N) is 1. The highest BCUT2D eigenvalue weighted by molar-refractivity contribution is 5.67. The Morgan fingerprint density at radius 2 is 1.92 bits per heavy atom. The molecule has 0 amide bonds. The molecule has 1 aliphatic heterocycles. The van der Waals surface area contributed by atoms with Crippen LogP contribution in [0.2, 0.25) is 0 Å². The second-order valence-corrected chi connectivity index (χ2v) is 6.00. The van der Waals surface area contributed by atoms with Gasteiger partial charge in [0, 0.05) is 36.9 Å². The van der Waals surface area contributed by atoms with Gasteiger partial charge in [0.05, 0.1) is 0 Å². The molecule has 1 aliphatic rings. The summed E-state index contributed by atoms with van der Waals surface area (Å²) in [6.07, 6.45) is 6.43. The van der Waals surface area contributed by atoms with Crippen molar-refractivity contribution in [2.45, 2.75) is 25.9 Å². The van der Waals surface area contributed by atoms with Gasteiger partial charge in [0.2, 0.25) is 5.95 Å². The van der Waals surface area contributed by atoms with Crippen LogP contribution in [-0.2, 0) is 13.0 Å². The summed E-state index contributed by atoms with van der Waals surface area (Å²) in [4.78, 5) is 15.4. The average Bonchev–Trinajstić information content (AvgIpc) is 2.97. The molecule has 0 bridgehead atoms. The zero-order valence-corrected chi connectivity index (χ0v) is 13.6. The minimum absolute atomic E-state index is 0.359. The van der Waals surface area contributed by atoms with Crippen LogP contribution in [-0.4, -0.2) is 21.0 Å². The van der Waals surface area contributed by atoms with Crippen LogP contribution < -0.4 is 10.2 Å². The molecule has 1 unspecified atom stereocenters. The fourth-order valence-corrected chi connectivity index (χ4v) is 3.13. The van der Waals surface area contributed by atoms with Crippen molar-refractivity contribution in [2.75, 3.05) is 10.2 Å². The molecule has 0 fully saturated rings. The number of anilines is 3. The topological polar surface area (TPSA) is 53.9 Å². The molecule has 1 aromatic carbocycles. The van der Waals surface area contributed by atoms with Crippen molar-refractivity contribution < 1.29 is 0 Å². The van der Waals surface area contributed by atoms with Crippen molar-refractivity contribution in [1.29, 1.82) is 0 Å². The van der Waals surface area contributed by atoms with Crippen LogP contribution in [0, 0.1) is 0 Å². The molecule has 2 aromatic heterocycles. The van der Waals surface area contributed by atoms with E-state index in [4.69, 9.17) is 4.98 Å². The maximum absolute atomic E-state index is 4.71. The van der Waals surface area contributed by atoms with Crippen LogP contribution in [0.4, 0.5) is 17.5 Å². The number of para-hydroxylation sites is 1. The third kappa shape index (κ3) is 2.80. The molecule has 1 N–H and O–H groups in total. The maximum atomic E-state index is 4.71. The molecular weight excluding hydrogens is 298 g/mol. The Balaban J connectivity index is 1.57. The summed E-state index contributed by atoms with van der Waals surface area (Å²) in [5, 5.41) is 3.36. The highest BCUT2D eigenvalue weighted by Crippen LogP contribution is 2.36. The second-order valence-electron chi connectivity index (χ2n) is 6.00. The number of rotatable bonds is 4. The minimum atomic E-state index is 0.359. The van der Waals surface area contributed by atoms with Crippen LogP contribution in [0.3, 0.4) is 0 Å². The van der Waals surface area contributed by atoms with Gasteiger partial charge in [0.25, 0.3) is 0 Å². The Kier molecular flexibility index (Phi) is 3.83. The van der Waals surface area contributed by atoms with E-state index in [2.05, 4.69) is 51.4 Å². The Labute approximate surface area is 141 Å². The molecule has 5 heteroatoms. The van der Waals surface area contributed by atoms with Gasteiger partial charge >= 0.3 is 0 Å². The second kappa shape index (κ2) is 6.28. The third-order valence-corrected chi connectivity index (χ3v) is 4.29. The van der Waals surface area contributed by atoms with Crippen LogP contribution in [0.1, 0.15) is 18.1 Å². The average molecular weight is 317 g/mol. The Morgan fingerprint density at radius 1 is 1.08 bits per heavy atom. The van der Waals surface area contributed by atoms with E-state index >= 15 is 0 Å². The highest BCUT2D eigenvalue weighted by atomic mass is 15.3. The van der Waals surface area contributed by atoms with Gasteiger partial charge < -0.3 is 10.2 Å². The Hall–Kier alpha value is -2.95. The quantitative estimate of drug-likeness (QED) is 0.797. The molecule has 120 valence electrons. The first-order valence-corrected chi connectivity index (χ1v) is 8.14. The van der Waals surface area contributed by atoms with E-state index in [0.29, 0.717) is 12.6 Å². The van der Waals surface area contributed by atoms with Gasteiger partial charge in [0.1, 0.15) is 5.82 Å². The number of pyridine rings is 1. The fraction of sp³-hybridized carbons (Fsp3) is 0.211. The number of benzene rings is 1. The monoisotopic (exact) mass is 317 g/mol. The van der Waals surface area contributed by atoms with Gasteiger partial charge in [-0.05, 0) is 48.7 Å². The van der Waals surface area contributed by atoms with Crippen molar-refractivity contribution in [3.63, 3.8) is 0 Å². The SMILES string of the molecule is CC1Cc2ccccc2N1c1nccc(NCc2ccncc2)n1. The van der Waals surface area contributed by atoms with Crippen LogP contribution in [0.5, 0.6) is 0 Å². The summed E-state index contributed by atoms with van der Waals surface area (Å²) < 4.78 is 0. The van der Waals surface area contributed by atoms with E-state index in [0.717, 1.165) is 18.2 Å². The minimum Gasteiger partial charge on any atom is -0.366 e. The van der Waals surface area contributed by atoms with Crippen LogP contribution in [0.15, 0.2) is 61.1 Å². The summed E-state index contributed by atoms with van der Waals surface area (Å²) in [7, 11) is 0. The zero-order chi connectivity index (χ0) is 16.4. The molecular formula is C19H19N5. The first kappa shape index (κ1) is 14.6. The molecule has 0 radical (unpaired) electrons. The molecule has 0 aliphatic carbocycles. The van der Waals surface area contributed by atoms with Crippen LogP contribution in [0.25, 0.3) is 0 Å².